The topological polar surface area (TPSA) is 79.4 Å². The average molecular weight is 442 g/mol. The second-order valence-corrected chi connectivity index (χ2v) is 11.1. The molecule has 0 bridgehead atoms. The standard InChI is InChI=1S/C22H23N3O3S2/c1-22(2,30(27,28)25-14-9-15-25)20(26)24-21-23-18(16-10-5-3-6-11-16)19(29-21)17-12-7-4-8-13-17/h3-8,10-13H,9,14-15H2,1-2H3,(H,23,24,26). The maximum atomic E-state index is 13.0. The van der Waals surface area contributed by atoms with Gasteiger partial charge in [0, 0.05) is 18.7 Å². The Morgan fingerprint density at radius 1 is 1.00 bits per heavy atom. The molecule has 0 aliphatic carbocycles. The summed E-state index contributed by atoms with van der Waals surface area (Å²) in [5.41, 5.74) is 2.67. The van der Waals surface area contributed by atoms with Gasteiger partial charge in [0.1, 0.15) is 0 Å². The molecule has 1 fully saturated rings. The van der Waals surface area contributed by atoms with E-state index < -0.39 is 20.7 Å². The van der Waals surface area contributed by atoms with Gasteiger partial charge in [-0.05, 0) is 25.8 Å². The highest BCUT2D eigenvalue weighted by Crippen LogP contribution is 2.39. The summed E-state index contributed by atoms with van der Waals surface area (Å²) >= 11 is 1.34. The van der Waals surface area contributed by atoms with Crippen LogP contribution in [0.25, 0.3) is 21.7 Å². The number of hydrogen-bond donors (Lipinski definition) is 1. The Labute approximate surface area is 180 Å². The van der Waals surface area contributed by atoms with Crippen molar-refractivity contribution in [2.24, 2.45) is 0 Å². The van der Waals surface area contributed by atoms with E-state index in [0.29, 0.717) is 18.2 Å². The summed E-state index contributed by atoms with van der Waals surface area (Å²) in [5, 5.41) is 3.13. The van der Waals surface area contributed by atoms with Gasteiger partial charge in [0.15, 0.2) is 9.88 Å². The van der Waals surface area contributed by atoms with Crippen molar-refractivity contribution >= 4 is 32.4 Å². The lowest BCUT2D eigenvalue weighted by molar-refractivity contribution is -0.118. The number of rotatable bonds is 6. The number of hydrogen-bond acceptors (Lipinski definition) is 5. The van der Waals surface area contributed by atoms with Gasteiger partial charge in [-0.15, -0.1) is 0 Å². The van der Waals surface area contributed by atoms with Gasteiger partial charge in [0.2, 0.25) is 15.9 Å². The summed E-state index contributed by atoms with van der Waals surface area (Å²) in [6.45, 7) is 3.82. The maximum Gasteiger partial charge on any atom is 0.248 e. The van der Waals surface area contributed by atoms with E-state index in [1.54, 1.807) is 0 Å². The van der Waals surface area contributed by atoms with E-state index in [0.717, 1.165) is 28.1 Å². The minimum atomic E-state index is -3.73. The predicted octanol–water partition coefficient (Wildman–Crippen LogP) is 4.23. The van der Waals surface area contributed by atoms with Crippen LogP contribution in [0.1, 0.15) is 20.3 Å². The normalized spacial score (nSPS) is 14.9. The Kier molecular flexibility index (Phi) is 5.48. The molecule has 2 heterocycles. The van der Waals surface area contributed by atoms with Gasteiger partial charge >= 0.3 is 0 Å². The number of aromatic nitrogens is 1. The molecule has 1 N–H and O–H groups in total. The van der Waals surface area contributed by atoms with Crippen LogP contribution >= 0.6 is 11.3 Å². The molecule has 3 aromatic rings. The van der Waals surface area contributed by atoms with E-state index in [1.165, 1.54) is 29.5 Å². The van der Waals surface area contributed by atoms with Crippen molar-refractivity contribution in [3.63, 3.8) is 0 Å². The molecule has 4 rings (SSSR count). The van der Waals surface area contributed by atoms with Gasteiger partial charge in [-0.2, -0.15) is 0 Å². The number of nitrogens with one attached hydrogen (secondary N) is 1. The van der Waals surface area contributed by atoms with Crippen molar-refractivity contribution in [3.05, 3.63) is 60.7 Å². The third kappa shape index (κ3) is 3.66. The fourth-order valence-corrected chi connectivity index (χ4v) is 5.82. The van der Waals surface area contributed by atoms with Gasteiger partial charge in [-0.3, -0.25) is 4.79 Å². The van der Waals surface area contributed by atoms with Crippen LogP contribution in [0, 0.1) is 0 Å². The zero-order valence-electron chi connectivity index (χ0n) is 16.8. The van der Waals surface area contributed by atoms with Crippen molar-refractivity contribution in [2.45, 2.75) is 25.0 Å². The zero-order valence-corrected chi connectivity index (χ0v) is 18.5. The molecule has 2 aromatic carbocycles. The molecule has 1 saturated heterocycles. The third-order valence-corrected chi connectivity index (χ3v) is 8.82. The lowest BCUT2D eigenvalue weighted by Crippen LogP contribution is -2.55. The molecule has 0 spiro atoms. The summed E-state index contributed by atoms with van der Waals surface area (Å²) in [4.78, 5) is 18.5. The van der Waals surface area contributed by atoms with Crippen molar-refractivity contribution < 1.29 is 13.2 Å². The fourth-order valence-electron chi connectivity index (χ4n) is 3.17. The molecule has 1 aliphatic rings. The number of benzene rings is 2. The number of sulfonamides is 1. The minimum absolute atomic E-state index is 0.379. The fraction of sp³-hybridized carbons (Fsp3) is 0.273. The molecular weight excluding hydrogens is 418 g/mol. The van der Waals surface area contributed by atoms with Crippen LogP contribution in [0.4, 0.5) is 5.13 Å². The average Bonchev–Trinajstić information content (AvgIpc) is 3.11. The Hall–Kier alpha value is -2.55. The second kappa shape index (κ2) is 7.94. The van der Waals surface area contributed by atoms with Crippen molar-refractivity contribution in [2.75, 3.05) is 18.4 Å². The maximum absolute atomic E-state index is 13.0. The van der Waals surface area contributed by atoms with E-state index in [-0.39, 0.29) is 0 Å². The monoisotopic (exact) mass is 441 g/mol. The number of carbonyl (C=O) groups is 1. The van der Waals surface area contributed by atoms with E-state index >= 15 is 0 Å². The first kappa shape index (κ1) is 20.7. The third-order valence-electron chi connectivity index (χ3n) is 5.28. The Balaban J connectivity index is 1.68. The Morgan fingerprint density at radius 2 is 1.57 bits per heavy atom. The molecule has 0 atom stereocenters. The number of carbonyl (C=O) groups excluding carboxylic acids is 1. The summed E-state index contributed by atoms with van der Waals surface area (Å²) in [7, 11) is -3.73. The smallest absolute Gasteiger partial charge is 0.248 e. The molecule has 0 radical (unpaired) electrons. The molecule has 156 valence electrons. The first-order valence-electron chi connectivity index (χ1n) is 9.73. The summed E-state index contributed by atoms with van der Waals surface area (Å²) in [6.07, 6.45) is 0.824. The lowest BCUT2D eigenvalue weighted by Gasteiger charge is -2.36. The highest BCUT2D eigenvalue weighted by Gasteiger charge is 2.47. The number of nitrogens with zero attached hydrogens (tertiary/aromatic N) is 2. The van der Waals surface area contributed by atoms with Crippen LogP contribution in [0.15, 0.2) is 60.7 Å². The largest absolute Gasteiger partial charge is 0.301 e. The minimum Gasteiger partial charge on any atom is -0.301 e. The number of anilines is 1. The van der Waals surface area contributed by atoms with Crippen LogP contribution < -0.4 is 5.32 Å². The van der Waals surface area contributed by atoms with Gasteiger partial charge < -0.3 is 5.32 Å². The first-order chi connectivity index (χ1) is 14.3. The van der Waals surface area contributed by atoms with Crippen molar-refractivity contribution in [3.8, 4) is 21.7 Å². The number of thiazole rings is 1. The van der Waals surface area contributed by atoms with Crippen molar-refractivity contribution in [1.29, 1.82) is 0 Å². The van der Waals surface area contributed by atoms with E-state index in [1.807, 2.05) is 60.7 Å². The molecule has 30 heavy (non-hydrogen) atoms. The van der Waals surface area contributed by atoms with E-state index in [4.69, 9.17) is 0 Å². The highest BCUT2D eigenvalue weighted by molar-refractivity contribution is 7.91. The molecular formula is C22H23N3O3S2. The summed E-state index contributed by atoms with van der Waals surface area (Å²) in [5.74, 6) is -0.581. The van der Waals surface area contributed by atoms with Crippen LogP contribution in [0.2, 0.25) is 0 Å². The summed E-state index contributed by atoms with van der Waals surface area (Å²) in [6, 6.07) is 19.6. The predicted molar refractivity (Wildman–Crippen MR) is 121 cm³/mol. The zero-order chi connectivity index (χ0) is 21.4. The SMILES string of the molecule is CC(C)(C(=O)Nc1nc(-c2ccccc2)c(-c2ccccc2)s1)S(=O)(=O)N1CCC1. The molecule has 8 heteroatoms. The van der Waals surface area contributed by atoms with Crippen LogP contribution in [-0.4, -0.2) is 41.5 Å². The molecule has 6 nitrogen and oxygen atoms in total. The Morgan fingerprint density at radius 3 is 2.10 bits per heavy atom. The summed E-state index contributed by atoms with van der Waals surface area (Å²) < 4.78 is 25.4. The second-order valence-electron chi connectivity index (χ2n) is 7.65. The van der Waals surface area contributed by atoms with E-state index in [2.05, 4.69) is 10.3 Å². The van der Waals surface area contributed by atoms with Gasteiger partial charge in [0.25, 0.3) is 0 Å². The molecule has 1 aromatic heterocycles. The number of amides is 1. The quantitative estimate of drug-likeness (QED) is 0.621. The molecule has 1 amide bonds. The van der Waals surface area contributed by atoms with Crippen LogP contribution in [-0.2, 0) is 14.8 Å². The van der Waals surface area contributed by atoms with Crippen molar-refractivity contribution in [1.82, 2.24) is 9.29 Å². The molecule has 0 unspecified atom stereocenters. The van der Waals surface area contributed by atoms with E-state index in [9.17, 15) is 13.2 Å². The van der Waals surface area contributed by atoms with Gasteiger partial charge in [0.05, 0.1) is 10.6 Å². The lowest BCUT2D eigenvalue weighted by atomic mass is 10.1. The van der Waals surface area contributed by atoms with Crippen LogP contribution in [0.3, 0.4) is 0 Å². The first-order valence-corrected chi connectivity index (χ1v) is 12.0. The van der Waals surface area contributed by atoms with Gasteiger partial charge in [-0.25, -0.2) is 17.7 Å². The molecule has 0 saturated carbocycles. The molecule has 1 aliphatic heterocycles. The van der Waals surface area contributed by atoms with Crippen LogP contribution in [0.5, 0.6) is 0 Å². The highest BCUT2D eigenvalue weighted by atomic mass is 32.2. The Bertz CT molecular complexity index is 1100. The van der Waals surface area contributed by atoms with Gasteiger partial charge in [-0.1, -0.05) is 72.0 Å².